The molecule has 2 rings (SSSR count). The summed E-state index contributed by atoms with van der Waals surface area (Å²) in [7, 11) is 4.34. The zero-order valence-electron chi connectivity index (χ0n) is 13.5. The van der Waals surface area contributed by atoms with Gasteiger partial charge >= 0.3 is 0 Å². The van der Waals surface area contributed by atoms with Crippen molar-refractivity contribution in [3.63, 3.8) is 0 Å². The van der Waals surface area contributed by atoms with Gasteiger partial charge in [-0.2, -0.15) is 0 Å². The molecule has 1 saturated heterocycles. The number of hydrogen-bond donors (Lipinski definition) is 1. The van der Waals surface area contributed by atoms with Crippen LogP contribution in [-0.2, 0) is 6.54 Å². The molecule has 1 N–H and O–H groups in total. The van der Waals surface area contributed by atoms with E-state index in [2.05, 4.69) is 56.0 Å². The SMILES string of the molecule is CCNCc1c(C)cc(C)nc1N1CCC(N(C)C)C1. The quantitative estimate of drug-likeness (QED) is 0.891. The van der Waals surface area contributed by atoms with Crippen LogP contribution in [0.1, 0.15) is 30.2 Å². The third-order valence-corrected chi connectivity index (χ3v) is 4.20. The predicted octanol–water partition coefficient (Wildman–Crippen LogP) is 1.95. The number of aromatic nitrogens is 1. The average Bonchev–Trinajstić information content (AvgIpc) is 2.86. The molecule has 4 nitrogen and oxygen atoms in total. The van der Waals surface area contributed by atoms with Gasteiger partial charge in [-0.25, -0.2) is 4.98 Å². The fraction of sp³-hybridized carbons (Fsp3) is 0.688. The monoisotopic (exact) mass is 276 g/mol. The van der Waals surface area contributed by atoms with Crippen molar-refractivity contribution in [2.45, 2.75) is 39.8 Å². The second-order valence-electron chi connectivity index (χ2n) is 6.02. The van der Waals surface area contributed by atoms with Crippen molar-refractivity contribution in [2.75, 3.05) is 38.6 Å². The number of nitrogens with zero attached hydrogens (tertiary/aromatic N) is 3. The maximum Gasteiger partial charge on any atom is 0.133 e. The maximum atomic E-state index is 4.83. The Kier molecular flexibility index (Phi) is 5.00. The maximum absolute atomic E-state index is 4.83. The molecule has 1 unspecified atom stereocenters. The lowest BCUT2D eigenvalue weighted by Crippen LogP contribution is -2.32. The lowest BCUT2D eigenvalue weighted by Gasteiger charge is -2.24. The summed E-state index contributed by atoms with van der Waals surface area (Å²) in [5, 5.41) is 3.45. The van der Waals surface area contributed by atoms with Crippen LogP contribution in [0, 0.1) is 13.8 Å². The van der Waals surface area contributed by atoms with Crippen molar-refractivity contribution in [3.8, 4) is 0 Å². The van der Waals surface area contributed by atoms with E-state index in [1.165, 1.54) is 23.4 Å². The topological polar surface area (TPSA) is 31.4 Å². The number of pyridine rings is 1. The van der Waals surface area contributed by atoms with E-state index in [0.29, 0.717) is 6.04 Å². The first-order valence-corrected chi connectivity index (χ1v) is 7.62. The highest BCUT2D eigenvalue weighted by atomic mass is 15.3. The van der Waals surface area contributed by atoms with Crippen LogP contribution in [0.25, 0.3) is 0 Å². The van der Waals surface area contributed by atoms with Crippen molar-refractivity contribution in [1.82, 2.24) is 15.2 Å². The summed E-state index contributed by atoms with van der Waals surface area (Å²) >= 11 is 0. The summed E-state index contributed by atoms with van der Waals surface area (Å²) in [6.45, 7) is 10.5. The average molecular weight is 276 g/mol. The zero-order chi connectivity index (χ0) is 14.7. The molecule has 0 bridgehead atoms. The zero-order valence-corrected chi connectivity index (χ0v) is 13.5. The normalized spacial score (nSPS) is 19.1. The van der Waals surface area contributed by atoms with Crippen LogP contribution >= 0.6 is 0 Å². The van der Waals surface area contributed by atoms with Crippen molar-refractivity contribution < 1.29 is 0 Å². The van der Waals surface area contributed by atoms with Crippen LogP contribution in [0.3, 0.4) is 0 Å². The Morgan fingerprint density at radius 2 is 2.15 bits per heavy atom. The van der Waals surface area contributed by atoms with Gasteiger partial charge in [0.05, 0.1) is 0 Å². The number of likely N-dealkylation sites (N-methyl/N-ethyl adjacent to an activating group) is 1. The molecule has 1 aromatic rings. The summed E-state index contributed by atoms with van der Waals surface area (Å²) < 4.78 is 0. The van der Waals surface area contributed by atoms with Crippen LogP contribution in [0.4, 0.5) is 5.82 Å². The first kappa shape index (κ1) is 15.3. The van der Waals surface area contributed by atoms with E-state index in [-0.39, 0.29) is 0 Å². The molecule has 2 heterocycles. The number of hydrogen-bond acceptors (Lipinski definition) is 4. The van der Waals surface area contributed by atoms with E-state index < -0.39 is 0 Å². The lowest BCUT2D eigenvalue weighted by atomic mass is 10.1. The highest BCUT2D eigenvalue weighted by Gasteiger charge is 2.26. The molecule has 0 spiro atoms. The number of rotatable bonds is 5. The largest absolute Gasteiger partial charge is 0.355 e. The van der Waals surface area contributed by atoms with Gasteiger partial charge in [0.2, 0.25) is 0 Å². The Bertz CT molecular complexity index is 456. The van der Waals surface area contributed by atoms with Gasteiger partial charge in [-0.05, 0) is 52.5 Å². The van der Waals surface area contributed by atoms with Gasteiger partial charge in [-0.1, -0.05) is 6.92 Å². The van der Waals surface area contributed by atoms with E-state index >= 15 is 0 Å². The van der Waals surface area contributed by atoms with Gasteiger partial charge in [0, 0.05) is 36.9 Å². The molecule has 0 aromatic carbocycles. The minimum Gasteiger partial charge on any atom is -0.355 e. The summed E-state index contributed by atoms with van der Waals surface area (Å²) in [6.07, 6.45) is 1.22. The van der Waals surface area contributed by atoms with Crippen molar-refractivity contribution in [1.29, 1.82) is 0 Å². The molecular weight excluding hydrogens is 248 g/mol. The molecule has 1 atom stereocenters. The Labute approximate surface area is 123 Å². The first-order valence-electron chi connectivity index (χ1n) is 7.62. The standard InChI is InChI=1S/C16H28N4/c1-6-17-10-15-12(2)9-13(3)18-16(15)20-8-7-14(11-20)19(4)5/h9,14,17H,6-8,10-11H2,1-5H3. The van der Waals surface area contributed by atoms with Crippen molar-refractivity contribution >= 4 is 5.82 Å². The molecule has 1 fully saturated rings. The first-order chi connectivity index (χ1) is 9.52. The molecule has 1 aliphatic heterocycles. The lowest BCUT2D eigenvalue weighted by molar-refractivity contribution is 0.315. The highest BCUT2D eigenvalue weighted by Crippen LogP contribution is 2.27. The van der Waals surface area contributed by atoms with E-state index in [1.807, 2.05) is 0 Å². The Hall–Kier alpha value is -1.13. The molecule has 1 aliphatic rings. The van der Waals surface area contributed by atoms with E-state index in [4.69, 9.17) is 4.98 Å². The van der Waals surface area contributed by atoms with Crippen LogP contribution in [0.5, 0.6) is 0 Å². The molecule has 4 heteroatoms. The molecular formula is C16H28N4. The predicted molar refractivity (Wildman–Crippen MR) is 85.4 cm³/mol. The number of anilines is 1. The van der Waals surface area contributed by atoms with Crippen molar-refractivity contribution in [2.24, 2.45) is 0 Å². The van der Waals surface area contributed by atoms with Crippen LogP contribution < -0.4 is 10.2 Å². The molecule has 0 aliphatic carbocycles. The number of nitrogens with one attached hydrogen (secondary N) is 1. The molecule has 0 radical (unpaired) electrons. The molecule has 0 amide bonds. The smallest absolute Gasteiger partial charge is 0.133 e. The third-order valence-electron chi connectivity index (χ3n) is 4.20. The van der Waals surface area contributed by atoms with E-state index in [9.17, 15) is 0 Å². The molecule has 0 saturated carbocycles. The van der Waals surface area contributed by atoms with Gasteiger partial charge in [0.15, 0.2) is 0 Å². The van der Waals surface area contributed by atoms with Crippen LogP contribution in [-0.4, -0.2) is 49.7 Å². The van der Waals surface area contributed by atoms with Gasteiger partial charge < -0.3 is 15.1 Å². The summed E-state index contributed by atoms with van der Waals surface area (Å²) in [5.41, 5.74) is 3.82. The Morgan fingerprint density at radius 3 is 2.75 bits per heavy atom. The van der Waals surface area contributed by atoms with Crippen molar-refractivity contribution in [3.05, 3.63) is 22.9 Å². The fourth-order valence-corrected chi connectivity index (χ4v) is 2.93. The highest BCUT2D eigenvalue weighted by molar-refractivity contribution is 5.52. The minimum atomic E-state index is 0.643. The van der Waals surface area contributed by atoms with Crippen LogP contribution in [0.15, 0.2) is 6.07 Å². The summed E-state index contributed by atoms with van der Waals surface area (Å²) in [6, 6.07) is 2.83. The van der Waals surface area contributed by atoms with E-state index in [0.717, 1.165) is 31.9 Å². The van der Waals surface area contributed by atoms with Gasteiger partial charge in [0.1, 0.15) is 5.82 Å². The molecule has 20 heavy (non-hydrogen) atoms. The second-order valence-corrected chi connectivity index (χ2v) is 6.02. The van der Waals surface area contributed by atoms with Gasteiger partial charge in [-0.15, -0.1) is 0 Å². The van der Waals surface area contributed by atoms with Gasteiger partial charge in [0.25, 0.3) is 0 Å². The van der Waals surface area contributed by atoms with Gasteiger partial charge in [-0.3, -0.25) is 0 Å². The second kappa shape index (κ2) is 6.55. The Morgan fingerprint density at radius 1 is 1.40 bits per heavy atom. The minimum absolute atomic E-state index is 0.643. The summed E-state index contributed by atoms with van der Waals surface area (Å²) in [4.78, 5) is 9.61. The molecule has 112 valence electrons. The molecule has 1 aromatic heterocycles. The van der Waals surface area contributed by atoms with E-state index in [1.54, 1.807) is 0 Å². The fourth-order valence-electron chi connectivity index (χ4n) is 2.93. The Balaban J connectivity index is 2.25. The third kappa shape index (κ3) is 3.30. The summed E-state index contributed by atoms with van der Waals surface area (Å²) in [5.74, 6) is 1.19. The number of aryl methyl sites for hydroxylation is 2. The van der Waals surface area contributed by atoms with Crippen LogP contribution in [0.2, 0.25) is 0 Å².